The van der Waals surface area contributed by atoms with Crippen molar-refractivity contribution in [3.8, 4) is 0 Å². The summed E-state index contributed by atoms with van der Waals surface area (Å²) in [7, 11) is 0. The van der Waals surface area contributed by atoms with E-state index in [0.717, 1.165) is 28.9 Å². The van der Waals surface area contributed by atoms with Crippen LogP contribution in [-0.2, 0) is 29.0 Å². The zero-order chi connectivity index (χ0) is 21.2. The van der Waals surface area contributed by atoms with Crippen LogP contribution < -0.4 is 5.32 Å². The van der Waals surface area contributed by atoms with E-state index in [9.17, 15) is 4.79 Å². The molecule has 3 rings (SSSR count). The Morgan fingerprint density at radius 2 is 1.77 bits per heavy atom. The van der Waals surface area contributed by atoms with E-state index >= 15 is 0 Å². The third-order valence-corrected chi connectivity index (χ3v) is 4.73. The van der Waals surface area contributed by atoms with Gasteiger partial charge in [0.05, 0.1) is 43.8 Å². The molecule has 0 aliphatic carbocycles. The second-order valence-corrected chi connectivity index (χ2v) is 6.91. The van der Waals surface area contributed by atoms with Gasteiger partial charge in [-0.25, -0.2) is 0 Å². The van der Waals surface area contributed by atoms with Crippen LogP contribution in [0.3, 0.4) is 0 Å². The molecule has 158 valence electrons. The van der Waals surface area contributed by atoms with E-state index in [0.29, 0.717) is 38.5 Å². The molecule has 0 saturated carbocycles. The number of anilines is 1. The maximum Gasteiger partial charge on any atom is 0.259 e. The number of carbonyl (C=O) groups excluding carboxylic acids is 1. The summed E-state index contributed by atoms with van der Waals surface area (Å²) >= 11 is 0. The summed E-state index contributed by atoms with van der Waals surface area (Å²) in [6.45, 7) is 6.94. The number of nitrogens with one attached hydrogen (secondary N) is 1. The second-order valence-electron chi connectivity index (χ2n) is 6.91. The van der Waals surface area contributed by atoms with Crippen LogP contribution in [0, 0.1) is 0 Å². The normalized spacial score (nSPS) is 10.9. The minimum Gasteiger partial charge on any atom is -0.379 e. The monoisotopic (exact) mass is 407 g/mol. The van der Waals surface area contributed by atoms with Crippen molar-refractivity contribution in [1.29, 1.82) is 0 Å². The molecule has 6 heteroatoms. The van der Waals surface area contributed by atoms with E-state index in [1.165, 1.54) is 0 Å². The summed E-state index contributed by atoms with van der Waals surface area (Å²) in [5.41, 5.74) is 4.42. The van der Waals surface area contributed by atoms with Gasteiger partial charge in [0.2, 0.25) is 0 Å². The molecular weight excluding hydrogens is 378 g/mol. The fourth-order valence-electron chi connectivity index (χ4n) is 3.26. The number of hydrogen-bond acceptors (Lipinski definition) is 4. The smallest absolute Gasteiger partial charge is 0.259 e. The average Bonchev–Trinajstić information content (AvgIpc) is 3.17. The van der Waals surface area contributed by atoms with E-state index in [-0.39, 0.29) is 5.91 Å². The molecule has 0 aliphatic rings. The third-order valence-electron chi connectivity index (χ3n) is 4.73. The lowest BCUT2D eigenvalue weighted by Gasteiger charge is -2.10. The van der Waals surface area contributed by atoms with Crippen molar-refractivity contribution >= 4 is 11.6 Å². The molecule has 0 bridgehead atoms. The van der Waals surface area contributed by atoms with Gasteiger partial charge in [-0.2, -0.15) is 5.10 Å². The predicted octanol–water partition coefficient (Wildman–Crippen LogP) is 4.30. The van der Waals surface area contributed by atoms with Gasteiger partial charge in [-0.05, 0) is 36.6 Å². The molecule has 0 saturated heterocycles. The maximum atomic E-state index is 12.9. The van der Waals surface area contributed by atoms with Gasteiger partial charge in [0, 0.05) is 12.3 Å². The molecule has 3 aromatic rings. The highest BCUT2D eigenvalue weighted by atomic mass is 16.5. The van der Waals surface area contributed by atoms with Gasteiger partial charge < -0.3 is 14.8 Å². The SMILES string of the molecule is CCOCCOCc1cccc(NC(=O)c2cnn(Cc3ccccc3)c2CC)c1. The maximum absolute atomic E-state index is 12.9. The fourth-order valence-corrected chi connectivity index (χ4v) is 3.26. The number of benzene rings is 2. The number of carbonyl (C=O) groups is 1. The van der Waals surface area contributed by atoms with Gasteiger partial charge in [-0.15, -0.1) is 0 Å². The van der Waals surface area contributed by atoms with Crippen LogP contribution in [0.4, 0.5) is 5.69 Å². The summed E-state index contributed by atoms with van der Waals surface area (Å²) in [6, 6.07) is 17.8. The van der Waals surface area contributed by atoms with E-state index in [1.807, 2.05) is 61.0 Å². The first-order valence-electron chi connectivity index (χ1n) is 10.4. The molecule has 0 fully saturated rings. The standard InChI is InChI=1S/C24H29N3O3/c1-3-23-22(16-25-27(23)17-19-9-6-5-7-10-19)24(28)26-21-12-8-11-20(15-21)18-30-14-13-29-4-2/h5-12,15-16H,3-4,13-14,17-18H2,1-2H3,(H,26,28). The summed E-state index contributed by atoms with van der Waals surface area (Å²) in [5, 5.41) is 7.44. The molecule has 1 aromatic heterocycles. The minimum atomic E-state index is -0.152. The van der Waals surface area contributed by atoms with Gasteiger partial charge >= 0.3 is 0 Å². The van der Waals surface area contributed by atoms with Crippen molar-refractivity contribution in [3.05, 3.63) is 83.2 Å². The summed E-state index contributed by atoms with van der Waals surface area (Å²) in [4.78, 5) is 12.9. The Hall–Kier alpha value is -2.96. The second kappa shape index (κ2) is 11.3. The number of hydrogen-bond donors (Lipinski definition) is 1. The third kappa shape index (κ3) is 6.02. The Morgan fingerprint density at radius 1 is 1.00 bits per heavy atom. The molecule has 0 spiro atoms. The highest BCUT2D eigenvalue weighted by Gasteiger charge is 2.16. The van der Waals surface area contributed by atoms with E-state index in [4.69, 9.17) is 9.47 Å². The van der Waals surface area contributed by atoms with Crippen molar-refractivity contribution in [1.82, 2.24) is 9.78 Å². The van der Waals surface area contributed by atoms with Crippen molar-refractivity contribution < 1.29 is 14.3 Å². The Balaban J connectivity index is 1.64. The van der Waals surface area contributed by atoms with E-state index in [1.54, 1.807) is 6.20 Å². The number of rotatable bonds is 11. The largest absolute Gasteiger partial charge is 0.379 e. The summed E-state index contributed by atoms with van der Waals surface area (Å²) in [6.07, 6.45) is 2.38. The Morgan fingerprint density at radius 3 is 2.53 bits per heavy atom. The Bertz CT molecular complexity index is 938. The van der Waals surface area contributed by atoms with Gasteiger partial charge in [0.1, 0.15) is 0 Å². The first-order chi connectivity index (χ1) is 14.7. The van der Waals surface area contributed by atoms with Crippen molar-refractivity contribution in [2.45, 2.75) is 33.4 Å². The quantitative estimate of drug-likeness (QED) is 0.481. The molecule has 0 radical (unpaired) electrons. The lowest BCUT2D eigenvalue weighted by Crippen LogP contribution is -2.15. The molecule has 30 heavy (non-hydrogen) atoms. The molecule has 0 aliphatic heterocycles. The highest BCUT2D eigenvalue weighted by Crippen LogP contribution is 2.17. The van der Waals surface area contributed by atoms with Crippen LogP contribution in [0.15, 0.2) is 60.8 Å². The van der Waals surface area contributed by atoms with Crippen molar-refractivity contribution in [3.63, 3.8) is 0 Å². The number of ether oxygens (including phenoxy) is 2. The van der Waals surface area contributed by atoms with E-state index in [2.05, 4.69) is 22.5 Å². The molecule has 1 amide bonds. The molecule has 1 N–H and O–H groups in total. The molecule has 2 aromatic carbocycles. The minimum absolute atomic E-state index is 0.152. The summed E-state index contributed by atoms with van der Waals surface area (Å²) < 4.78 is 12.8. The van der Waals surface area contributed by atoms with Crippen molar-refractivity contribution in [2.24, 2.45) is 0 Å². The van der Waals surface area contributed by atoms with Gasteiger partial charge in [-0.3, -0.25) is 9.48 Å². The Kier molecular flexibility index (Phi) is 8.18. The molecule has 0 atom stereocenters. The van der Waals surface area contributed by atoms with Crippen LogP contribution in [-0.4, -0.2) is 35.5 Å². The average molecular weight is 408 g/mol. The van der Waals surface area contributed by atoms with E-state index < -0.39 is 0 Å². The fraction of sp³-hybridized carbons (Fsp3) is 0.333. The topological polar surface area (TPSA) is 65.4 Å². The molecule has 6 nitrogen and oxygen atoms in total. The first-order valence-corrected chi connectivity index (χ1v) is 10.4. The zero-order valence-electron chi connectivity index (χ0n) is 17.6. The first kappa shape index (κ1) is 21.7. The van der Waals surface area contributed by atoms with Crippen LogP contribution in [0.2, 0.25) is 0 Å². The Labute approximate surface area is 177 Å². The number of aromatic nitrogens is 2. The molecule has 1 heterocycles. The van der Waals surface area contributed by atoms with Gasteiger partial charge in [0.25, 0.3) is 5.91 Å². The van der Waals surface area contributed by atoms with Gasteiger partial charge in [-0.1, -0.05) is 49.4 Å². The van der Waals surface area contributed by atoms with Crippen molar-refractivity contribution in [2.75, 3.05) is 25.1 Å². The number of amides is 1. The van der Waals surface area contributed by atoms with Crippen LogP contribution in [0.5, 0.6) is 0 Å². The predicted molar refractivity (Wildman–Crippen MR) is 118 cm³/mol. The van der Waals surface area contributed by atoms with Crippen LogP contribution in [0.1, 0.15) is 41.0 Å². The van der Waals surface area contributed by atoms with Crippen LogP contribution in [0.25, 0.3) is 0 Å². The molecule has 0 unspecified atom stereocenters. The summed E-state index contributed by atoms with van der Waals surface area (Å²) in [5.74, 6) is -0.152. The van der Waals surface area contributed by atoms with Crippen LogP contribution >= 0.6 is 0 Å². The lowest BCUT2D eigenvalue weighted by atomic mass is 10.1. The molecular formula is C24H29N3O3. The van der Waals surface area contributed by atoms with Gasteiger partial charge in [0.15, 0.2) is 0 Å². The highest BCUT2D eigenvalue weighted by molar-refractivity contribution is 6.05. The lowest BCUT2D eigenvalue weighted by molar-refractivity contribution is 0.0453. The zero-order valence-corrected chi connectivity index (χ0v) is 17.6. The number of nitrogens with zero attached hydrogens (tertiary/aromatic N) is 2.